The molecule has 1 aliphatic carbocycles. The number of nitrogens with one attached hydrogen (secondary N) is 2. The SMILES string of the molecule is CC1=C(NC(=O)c2ccc(N(C)C)cc2)C=C[C@@H](c2ccc(C)c(NC(=O)c3ccc(N(C)C)cc3)c2)C1. The topological polar surface area (TPSA) is 64.7 Å². The highest BCUT2D eigenvalue weighted by Crippen LogP contribution is 2.33. The summed E-state index contributed by atoms with van der Waals surface area (Å²) in [6, 6.07) is 21.3. The van der Waals surface area contributed by atoms with Crippen LogP contribution in [0.1, 0.15) is 51.1 Å². The maximum absolute atomic E-state index is 12.9. The minimum Gasteiger partial charge on any atom is -0.378 e. The lowest BCUT2D eigenvalue weighted by atomic mass is 9.87. The van der Waals surface area contributed by atoms with Gasteiger partial charge in [-0.3, -0.25) is 9.59 Å². The monoisotopic (exact) mass is 508 g/mol. The van der Waals surface area contributed by atoms with Crippen molar-refractivity contribution in [3.63, 3.8) is 0 Å². The molecule has 0 spiro atoms. The van der Waals surface area contributed by atoms with Gasteiger partial charge in [-0.2, -0.15) is 0 Å². The number of allylic oxidation sites excluding steroid dienone is 3. The molecule has 3 aromatic rings. The summed E-state index contributed by atoms with van der Waals surface area (Å²) in [6.07, 6.45) is 4.89. The molecule has 6 nitrogen and oxygen atoms in total. The molecule has 0 radical (unpaired) electrons. The van der Waals surface area contributed by atoms with Gasteiger partial charge in [-0.15, -0.1) is 0 Å². The van der Waals surface area contributed by atoms with Crippen LogP contribution < -0.4 is 20.4 Å². The summed E-state index contributed by atoms with van der Waals surface area (Å²) in [7, 11) is 7.89. The van der Waals surface area contributed by atoms with E-state index in [-0.39, 0.29) is 17.7 Å². The summed E-state index contributed by atoms with van der Waals surface area (Å²) in [5.41, 5.74) is 8.22. The average molecular weight is 509 g/mol. The first-order chi connectivity index (χ1) is 18.1. The van der Waals surface area contributed by atoms with Gasteiger partial charge in [0.25, 0.3) is 11.8 Å². The Morgan fingerprint density at radius 2 is 1.26 bits per heavy atom. The minimum absolute atomic E-state index is 0.119. The number of nitrogens with zero attached hydrogens (tertiary/aromatic N) is 2. The number of amides is 2. The normalized spacial score (nSPS) is 14.7. The second-order valence-electron chi connectivity index (χ2n) is 10.2. The van der Waals surface area contributed by atoms with Crippen molar-refractivity contribution in [3.8, 4) is 0 Å². The Morgan fingerprint density at radius 1 is 0.737 bits per heavy atom. The molecule has 2 N–H and O–H groups in total. The van der Waals surface area contributed by atoms with E-state index in [2.05, 4.69) is 35.8 Å². The van der Waals surface area contributed by atoms with Gasteiger partial charge in [0.1, 0.15) is 0 Å². The van der Waals surface area contributed by atoms with Gasteiger partial charge >= 0.3 is 0 Å². The lowest BCUT2D eigenvalue weighted by Crippen LogP contribution is -2.24. The molecule has 0 aliphatic heterocycles. The summed E-state index contributed by atoms with van der Waals surface area (Å²) in [5.74, 6) is -0.0909. The molecule has 0 unspecified atom stereocenters. The van der Waals surface area contributed by atoms with Gasteiger partial charge < -0.3 is 20.4 Å². The minimum atomic E-state index is -0.130. The molecule has 6 heteroatoms. The number of aryl methyl sites for hydroxylation is 1. The number of benzene rings is 3. The maximum Gasteiger partial charge on any atom is 0.255 e. The fraction of sp³-hybridized carbons (Fsp3) is 0.250. The van der Waals surface area contributed by atoms with Gasteiger partial charge in [-0.1, -0.05) is 18.2 Å². The summed E-state index contributed by atoms with van der Waals surface area (Å²) < 4.78 is 0. The van der Waals surface area contributed by atoms with Crippen LogP contribution in [0.2, 0.25) is 0 Å². The number of carbonyl (C=O) groups excluding carboxylic acids is 2. The first-order valence-corrected chi connectivity index (χ1v) is 12.8. The second kappa shape index (κ2) is 11.4. The molecule has 0 saturated carbocycles. The van der Waals surface area contributed by atoms with E-state index >= 15 is 0 Å². The highest BCUT2D eigenvalue weighted by atomic mass is 16.2. The number of carbonyl (C=O) groups is 2. The Kier molecular flexibility index (Phi) is 8.01. The van der Waals surface area contributed by atoms with Crippen LogP contribution in [0.3, 0.4) is 0 Å². The van der Waals surface area contributed by atoms with Crippen LogP contribution >= 0.6 is 0 Å². The van der Waals surface area contributed by atoms with E-state index < -0.39 is 0 Å². The third kappa shape index (κ3) is 6.14. The van der Waals surface area contributed by atoms with E-state index in [1.807, 2.05) is 106 Å². The van der Waals surface area contributed by atoms with E-state index in [4.69, 9.17) is 0 Å². The van der Waals surface area contributed by atoms with E-state index in [9.17, 15) is 9.59 Å². The molecule has 0 aromatic heterocycles. The van der Waals surface area contributed by atoms with Crippen LogP contribution in [-0.4, -0.2) is 40.0 Å². The Hall–Kier alpha value is -4.32. The first-order valence-electron chi connectivity index (χ1n) is 12.8. The van der Waals surface area contributed by atoms with Crippen LogP contribution in [0.15, 0.2) is 90.2 Å². The molecule has 2 amide bonds. The van der Waals surface area contributed by atoms with E-state index in [1.165, 1.54) is 0 Å². The van der Waals surface area contributed by atoms with Crippen LogP contribution in [0.25, 0.3) is 0 Å². The van der Waals surface area contributed by atoms with Gasteiger partial charge in [0.05, 0.1) is 0 Å². The Morgan fingerprint density at radius 3 is 1.76 bits per heavy atom. The molecule has 3 aromatic carbocycles. The average Bonchev–Trinajstić information content (AvgIpc) is 2.91. The van der Waals surface area contributed by atoms with Crippen LogP contribution in [0.4, 0.5) is 17.1 Å². The fourth-order valence-corrected chi connectivity index (χ4v) is 4.46. The van der Waals surface area contributed by atoms with Gasteiger partial charge in [-0.05, 0) is 97.6 Å². The third-order valence-electron chi connectivity index (χ3n) is 6.96. The lowest BCUT2D eigenvalue weighted by Gasteiger charge is -2.22. The Balaban J connectivity index is 1.43. The van der Waals surface area contributed by atoms with Gasteiger partial charge in [0.2, 0.25) is 0 Å². The predicted octanol–water partition coefficient (Wildman–Crippen LogP) is 6.13. The molecule has 1 aliphatic rings. The maximum atomic E-state index is 12.9. The molecule has 0 heterocycles. The standard InChI is InChI=1S/C32H36N4O2/c1-21-7-8-26(20-30(21)34-32(38)24-11-16-28(17-12-24)36(5)6)25-13-18-29(22(2)19-25)33-31(37)23-9-14-27(15-10-23)35(3)4/h7-18,20,25H,19H2,1-6H3,(H,33,37)(H,34,38)/t25-/m1/s1. The van der Waals surface area contributed by atoms with E-state index in [1.54, 1.807) is 0 Å². The Bertz CT molecular complexity index is 1380. The largest absolute Gasteiger partial charge is 0.378 e. The highest BCUT2D eigenvalue weighted by molar-refractivity contribution is 6.05. The number of anilines is 3. The molecule has 38 heavy (non-hydrogen) atoms. The molecule has 0 saturated heterocycles. The predicted molar refractivity (Wildman–Crippen MR) is 157 cm³/mol. The zero-order valence-electron chi connectivity index (χ0n) is 23.0. The van der Waals surface area contributed by atoms with E-state index in [0.29, 0.717) is 11.1 Å². The molecule has 196 valence electrons. The van der Waals surface area contributed by atoms with Crippen LogP contribution in [0.5, 0.6) is 0 Å². The molecule has 0 fully saturated rings. The van der Waals surface area contributed by atoms with Crippen molar-refractivity contribution in [2.24, 2.45) is 0 Å². The number of rotatable bonds is 7. The lowest BCUT2D eigenvalue weighted by molar-refractivity contribution is 0.0965. The van der Waals surface area contributed by atoms with Crippen molar-refractivity contribution in [2.45, 2.75) is 26.2 Å². The van der Waals surface area contributed by atoms with Crippen molar-refractivity contribution in [2.75, 3.05) is 43.3 Å². The number of hydrogen-bond donors (Lipinski definition) is 2. The molecule has 0 bridgehead atoms. The third-order valence-corrected chi connectivity index (χ3v) is 6.96. The molecular formula is C32H36N4O2. The second-order valence-corrected chi connectivity index (χ2v) is 10.2. The van der Waals surface area contributed by atoms with E-state index in [0.717, 1.165) is 45.9 Å². The van der Waals surface area contributed by atoms with Crippen molar-refractivity contribution < 1.29 is 9.59 Å². The smallest absolute Gasteiger partial charge is 0.255 e. The summed E-state index contributed by atoms with van der Waals surface area (Å²) in [6.45, 7) is 4.05. The molecule has 1 atom stereocenters. The van der Waals surface area contributed by atoms with Gasteiger partial charge in [0, 0.05) is 68.0 Å². The first kappa shape index (κ1) is 26.7. The van der Waals surface area contributed by atoms with Crippen molar-refractivity contribution in [1.82, 2.24) is 5.32 Å². The summed E-state index contributed by atoms with van der Waals surface area (Å²) in [4.78, 5) is 29.7. The van der Waals surface area contributed by atoms with Crippen molar-refractivity contribution in [1.29, 1.82) is 0 Å². The quantitative estimate of drug-likeness (QED) is 0.403. The zero-order chi connectivity index (χ0) is 27.4. The van der Waals surface area contributed by atoms with Gasteiger partial charge in [0.15, 0.2) is 0 Å². The van der Waals surface area contributed by atoms with Gasteiger partial charge in [-0.25, -0.2) is 0 Å². The highest BCUT2D eigenvalue weighted by Gasteiger charge is 2.19. The summed E-state index contributed by atoms with van der Waals surface area (Å²) in [5, 5.41) is 6.14. The van der Waals surface area contributed by atoms with Crippen molar-refractivity contribution >= 4 is 28.9 Å². The Labute approximate surface area is 225 Å². The zero-order valence-corrected chi connectivity index (χ0v) is 23.0. The molecule has 4 rings (SSSR count). The fourth-order valence-electron chi connectivity index (χ4n) is 4.46. The molecular weight excluding hydrogens is 472 g/mol. The van der Waals surface area contributed by atoms with Crippen LogP contribution in [0, 0.1) is 6.92 Å². The van der Waals surface area contributed by atoms with Crippen LogP contribution in [-0.2, 0) is 0 Å². The summed E-state index contributed by atoms with van der Waals surface area (Å²) >= 11 is 0. The number of hydrogen-bond acceptors (Lipinski definition) is 4. The van der Waals surface area contributed by atoms with Crippen molar-refractivity contribution in [3.05, 3.63) is 112 Å².